The molecule has 138 valence electrons. The predicted molar refractivity (Wildman–Crippen MR) is 107 cm³/mol. The van der Waals surface area contributed by atoms with Gasteiger partial charge in [-0.1, -0.05) is 45.7 Å². The molecule has 0 saturated carbocycles. The van der Waals surface area contributed by atoms with E-state index in [2.05, 4.69) is 49.9 Å². The SMILES string of the molecule is CCCCCN1CCC(CCOc2cccc(C(C)C)c2)CC1.Cl. The number of halogens is 1. The van der Waals surface area contributed by atoms with Crippen molar-refractivity contribution < 1.29 is 4.74 Å². The van der Waals surface area contributed by atoms with Gasteiger partial charge < -0.3 is 9.64 Å². The third-order valence-corrected chi connectivity index (χ3v) is 5.10. The second-order valence-electron chi connectivity index (χ2n) is 7.36. The molecule has 0 aliphatic carbocycles. The van der Waals surface area contributed by atoms with Crippen LogP contribution >= 0.6 is 12.4 Å². The van der Waals surface area contributed by atoms with Crippen molar-refractivity contribution in [2.45, 2.75) is 65.2 Å². The van der Waals surface area contributed by atoms with E-state index in [0.29, 0.717) is 5.92 Å². The highest BCUT2D eigenvalue weighted by Gasteiger charge is 2.18. The van der Waals surface area contributed by atoms with Crippen LogP contribution in [0.15, 0.2) is 24.3 Å². The van der Waals surface area contributed by atoms with Crippen LogP contribution in [0.25, 0.3) is 0 Å². The quantitative estimate of drug-likeness (QED) is 0.512. The lowest BCUT2D eigenvalue weighted by Gasteiger charge is -2.31. The summed E-state index contributed by atoms with van der Waals surface area (Å²) >= 11 is 0. The van der Waals surface area contributed by atoms with Gasteiger partial charge in [0.15, 0.2) is 0 Å². The number of nitrogens with zero attached hydrogens (tertiary/aromatic N) is 1. The molecule has 0 unspecified atom stereocenters. The maximum Gasteiger partial charge on any atom is 0.119 e. The summed E-state index contributed by atoms with van der Waals surface area (Å²) in [4.78, 5) is 2.65. The largest absolute Gasteiger partial charge is 0.494 e. The number of likely N-dealkylation sites (tertiary alicyclic amines) is 1. The first-order valence-electron chi connectivity index (χ1n) is 9.64. The van der Waals surface area contributed by atoms with Crippen molar-refractivity contribution in [2.24, 2.45) is 5.92 Å². The Labute approximate surface area is 155 Å². The van der Waals surface area contributed by atoms with Gasteiger partial charge in [-0.25, -0.2) is 0 Å². The smallest absolute Gasteiger partial charge is 0.119 e. The van der Waals surface area contributed by atoms with Crippen LogP contribution in [0, 0.1) is 5.92 Å². The number of hydrogen-bond donors (Lipinski definition) is 0. The monoisotopic (exact) mass is 353 g/mol. The molecular weight excluding hydrogens is 318 g/mol. The number of benzene rings is 1. The number of rotatable bonds is 9. The number of ether oxygens (including phenoxy) is 1. The lowest BCUT2D eigenvalue weighted by molar-refractivity contribution is 0.161. The molecule has 0 radical (unpaired) electrons. The number of unbranched alkanes of at least 4 members (excludes halogenated alkanes) is 2. The summed E-state index contributed by atoms with van der Waals surface area (Å²) in [6.07, 6.45) is 7.98. The Hall–Kier alpha value is -0.730. The van der Waals surface area contributed by atoms with E-state index >= 15 is 0 Å². The van der Waals surface area contributed by atoms with Gasteiger partial charge in [0.25, 0.3) is 0 Å². The molecule has 24 heavy (non-hydrogen) atoms. The van der Waals surface area contributed by atoms with Gasteiger partial charge in [-0.2, -0.15) is 0 Å². The molecule has 3 heteroatoms. The third kappa shape index (κ3) is 7.44. The third-order valence-electron chi connectivity index (χ3n) is 5.10. The van der Waals surface area contributed by atoms with Gasteiger partial charge in [0.05, 0.1) is 6.61 Å². The zero-order chi connectivity index (χ0) is 16.5. The maximum absolute atomic E-state index is 5.99. The molecule has 1 saturated heterocycles. The van der Waals surface area contributed by atoms with Crippen LogP contribution in [-0.2, 0) is 0 Å². The summed E-state index contributed by atoms with van der Waals surface area (Å²) in [6, 6.07) is 8.58. The minimum absolute atomic E-state index is 0. The van der Waals surface area contributed by atoms with Gasteiger partial charge in [0, 0.05) is 0 Å². The van der Waals surface area contributed by atoms with Gasteiger partial charge >= 0.3 is 0 Å². The summed E-state index contributed by atoms with van der Waals surface area (Å²) in [5.74, 6) is 2.45. The van der Waals surface area contributed by atoms with Crippen LogP contribution < -0.4 is 4.74 Å². The molecule has 0 atom stereocenters. The van der Waals surface area contributed by atoms with E-state index in [1.54, 1.807) is 0 Å². The molecule has 0 N–H and O–H groups in total. The van der Waals surface area contributed by atoms with Crippen molar-refractivity contribution in [3.05, 3.63) is 29.8 Å². The molecule has 0 amide bonds. The number of piperidine rings is 1. The minimum atomic E-state index is 0. The molecule has 2 nitrogen and oxygen atoms in total. The standard InChI is InChI=1S/C21H35NO.ClH/c1-4-5-6-13-22-14-10-19(11-15-22)12-16-23-21-9-7-8-20(17-21)18(2)3;/h7-9,17-19H,4-6,10-16H2,1-3H3;1H. The van der Waals surface area contributed by atoms with Gasteiger partial charge in [-0.3, -0.25) is 0 Å². The summed E-state index contributed by atoms with van der Waals surface area (Å²) in [5, 5.41) is 0. The fourth-order valence-electron chi connectivity index (χ4n) is 3.39. The van der Waals surface area contributed by atoms with Crippen molar-refractivity contribution >= 4 is 12.4 Å². The second kappa shape index (κ2) is 11.8. The fourth-order valence-corrected chi connectivity index (χ4v) is 3.39. The Balaban J connectivity index is 0.00000288. The summed E-state index contributed by atoms with van der Waals surface area (Å²) in [7, 11) is 0. The average molecular weight is 354 g/mol. The highest BCUT2D eigenvalue weighted by Crippen LogP contribution is 2.23. The minimum Gasteiger partial charge on any atom is -0.494 e. The molecule has 1 aromatic rings. The predicted octanol–water partition coefficient (Wildman–Crippen LogP) is 5.90. The molecule has 1 aliphatic heterocycles. The normalized spacial score (nSPS) is 16.2. The molecule has 1 fully saturated rings. The molecule has 1 aliphatic rings. The summed E-state index contributed by atoms with van der Waals surface area (Å²) in [6.45, 7) is 11.5. The van der Waals surface area contributed by atoms with Crippen molar-refractivity contribution in [3.63, 3.8) is 0 Å². The Morgan fingerprint density at radius 1 is 1.17 bits per heavy atom. The highest BCUT2D eigenvalue weighted by atomic mass is 35.5. The summed E-state index contributed by atoms with van der Waals surface area (Å²) in [5.41, 5.74) is 1.36. The zero-order valence-electron chi connectivity index (χ0n) is 15.8. The topological polar surface area (TPSA) is 12.5 Å². The van der Waals surface area contributed by atoms with E-state index < -0.39 is 0 Å². The fraction of sp³-hybridized carbons (Fsp3) is 0.714. The van der Waals surface area contributed by atoms with Crippen LogP contribution in [0.3, 0.4) is 0 Å². The molecule has 1 heterocycles. The van der Waals surface area contributed by atoms with Gasteiger partial charge in [0.1, 0.15) is 5.75 Å². The Morgan fingerprint density at radius 3 is 2.58 bits per heavy atom. The van der Waals surface area contributed by atoms with E-state index in [-0.39, 0.29) is 12.4 Å². The van der Waals surface area contributed by atoms with E-state index in [0.717, 1.165) is 18.3 Å². The van der Waals surface area contributed by atoms with Crippen LogP contribution in [0.2, 0.25) is 0 Å². The van der Waals surface area contributed by atoms with Gasteiger partial charge in [-0.15, -0.1) is 12.4 Å². The van der Waals surface area contributed by atoms with E-state index in [9.17, 15) is 0 Å². The van der Waals surface area contributed by atoms with E-state index in [1.165, 1.54) is 63.7 Å². The molecule has 1 aromatic carbocycles. The van der Waals surface area contributed by atoms with Crippen molar-refractivity contribution in [2.75, 3.05) is 26.2 Å². The molecular formula is C21H36ClNO. The first kappa shape index (κ1) is 21.3. The second-order valence-corrected chi connectivity index (χ2v) is 7.36. The van der Waals surface area contributed by atoms with E-state index in [4.69, 9.17) is 4.74 Å². The van der Waals surface area contributed by atoms with Gasteiger partial charge in [0.2, 0.25) is 0 Å². The van der Waals surface area contributed by atoms with Crippen LogP contribution in [0.5, 0.6) is 5.75 Å². The zero-order valence-corrected chi connectivity index (χ0v) is 16.6. The Bertz CT molecular complexity index is 441. The van der Waals surface area contributed by atoms with Crippen LogP contribution in [0.4, 0.5) is 0 Å². The first-order valence-corrected chi connectivity index (χ1v) is 9.64. The highest BCUT2D eigenvalue weighted by molar-refractivity contribution is 5.85. The van der Waals surface area contributed by atoms with Crippen molar-refractivity contribution in [1.82, 2.24) is 4.90 Å². The summed E-state index contributed by atoms with van der Waals surface area (Å²) < 4.78 is 5.99. The lowest BCUT2D eigenvalue weighted by Crippen LogP contribution is -2.34. The maximum atomic E-state index is 5.99. The molecule has 0 bridgehead atoms. The van der Waals surface area contributed by atoms with Crippen LogP contribution in [-0.4, -0.2) is 31.1 Å². The van der Waals surface area contributed by atoms with Crippen LogP contribution in [0.1, 0.15) is 70.8 Å². The average Bonchev–Trinajstić information content (AvgIpc) is 2.57. The molecule has 2 rings (SSSR count). The Morgan fingerprint density at radius 2 is 1.92 bits per heavy atom. The molecule has 0 spiro atoms. The first-order chi connectivity index (χ1) is 11.2. The van der Waals surface area contributed by atoms with Gasteiger partial charge in [-0.05, 0) is 74.8 Å². The van der Waals surface area contributed by atoms with E-state index in [1.807, 2.05) is 0 Å². The Kier molecular flexibility index (Phi) is 10.4. The van der Waals surface area contributed by atoms with Crippen molar-refractivity contribution in [1.29, 1.82) is 0 Å². The molecule has 0 aromatic heterocycles. The van der Waals surface area contributed by atoms with Crippen molar-refractivity contribution in [3.8, 4) is 5.75 Å². The lowest BCUT2D eigenvalue weighted by atomic mass is 9.94. The number of hydrogen-bond acceptors (Lipinski definition) is 2.